The molecule has 3 aromatic heterocycles. The van der Waals surface area contributed by atoms with Crippen LogP contribution in [0.2, 0.25) is 0 Å². The third-order valence-corrected chi connectivity index (χ3v) is 8.43. The maximum absolute atomic E-state index is 6.59. The van der Waals surface area contributed by atoms with E-state index >= 15 is 0 Å². The van der Waals surface area contributed by atoms with Crippen LogP contribution >= 0.6 is 0 Å². The van der Waals surface area contributed by atoms with Crippen molar-refractivity contribution in [3.63, 3.8) is 0 Å². The van der Waals surface area contributed by atoms with E-state index in [0.29, 0.717) is 5.92 Å². The Hall–Kier alpha value is -5.16. The molecule has 0 aliphatic carbocycles. The molecule has 0 saturated carbocycles. The fraction of sp³-hybridized carbons (Fsp3) is 0.179. The number of hydrogen-bond acceptors (Lipinski definition) is 3. The lowest BCUT2D eigenvalue weighted by Crippen LogP contribution is -2.00. The van der Waals surface area contributed by atoms with E-state index in [1.165, 1.54) is 33.0 Å². The summed E-state index contributed by atoms with van der Waals surface area (Å²) in [7, 11) is 0. The van der Waals surface area contributed by atoms with Crippen molar-refractivity contribution in [1.82, 2.24) is 19.3 Å². The number of rotatable bonds is 6. The number of benzene rings is 4. The van der Waals surface area contributed by atoms with Gasteiger partial charge in [0.1, 0.15) is 17.3 Å². The Morgan fingerprint density at radius 1 is 0.682 bits per heavy atom. The van der Waals surface area contributed by atoms with Crippen LogP contribution < -0.4 is 4.74 Å². The Morgan fingerprint density at radius 3 is 2.27 bits per heavy atom. The van der Waals surface area contributed by atoms with Crippen LogP contribution in [0, 0.1) is 27.7 Å². The van der Waals surface area contributed by atoms with Crippen LogP contribution in [0.3, 0.4) is 0 Å². The van der Waals surface area contributed by atoms with Crippen LogP contribution in [-0.4, -0.2) is 19.3 Å². The van der Waals surface area contributed by atoms with Crippen molar-refractivity contribution >= 4 is 21.8 Å². The van der Waals surface area contributed by atoms with Gasteiger partial charge < -0.3 is 4.74 Å². The standard InChI is InChI=1S/C39H36N4O/c1-24(2)30-12-15-36-35(21-30)34-14-13-32(23-37(34)42(36)38-20-25(3)16-17-40-38)44-33-19-26(4)18-31(22-33)43-28(6)39(27(5)41-43)29-10-8-7-9-11-29/h7-24H,1-6H3. The first-order valence-electron chi connectivity index (χ1n) is 15.2. The van der Waals surface area contributed by atoms with Gasteiger partial charge in [-0.25, -0.2) is 9.67 Å². The van der Waals surface area contributed by atoms with E-state index in [1.54, 1.807) is 0 Å². The fourth-order valence-electron chi connectivity index (χ4n) is 6.29. The Kier molecular flexibility index (Phi) is 6.81. The second kappa shape index (κ2) is 10.8. The summed E-state index contributed by atoms with van der Waals surface area (Å²) in [6.45, 7) is 12.9. The zero-order valence-corrected chi connectivity index (χ0v) is 26.1. The highest BCUT2D eigenvalue weighted by molar-refractivity contribution is 6.09. The minimum atomic E-state index is 0.444. The number of hydrogen-bond donors (Lipinski definition) is 0. The lowest BCUT2D eigenvalue weighted by Gasteiger charge is -2.12. The van der Waals surface area contributed by atoms with Gasteiger partial charge in [-0.3, -0.25) is 4.57 Å². The van der Waals surface area contributed by atoms with E-state index in [-0.39, 0.29) is 0 Å². The number of pyridine rings is 1. The van der Waals surface area contributed by atoms with Gasteiger partial charge in [-0.05, 0) is 104 Å². The molecule has 44 heavy (non-hydrogen) atoms. The third-order valence-electron chi connectivity index (χ3n) is 8.43. The fourth-order valence-corrected chi connectivity index (χ4v) is 6.29. The summed E-state index contributed by atoms with van der Waals surface area (Å²) in [5, 5.41) is 7.33. The van der Waals surface area contributed by atoms with Gasteiger partial charge in [-0.15, -0.1) is 0 Å². The third kappa shape index (κ3) is 4.84. The molecule has 0 fully saturated rings. The normalized spacial score (nSPS) is 11.6. The zero-order chi connectivity index (χ0) is 30.5. The summed E-state index contributed by atoms with van der Waals surface area (Å²) in [5.74, 6) is 2.88. The summed E-state index contributed by atoms with van der Waals surface area (Å²) < 4.78 is 10.9. The quantitative estimate of drug-likeness (QED) is 0.198. The molecule has 0 spiro atoms. The van der Waals surface area contributed by atoms with Gasteiger partial charge in [0, 0.05) is 40.4 Å². The number of ether oxygens (including phenoxy) is 1. The van der Waals surface area contributed by atoms with Gasteiger partial charge in [0.25, 0.3) is 0 Å². The topological polar surface area (TPSA) is 44.9 Å². The Bertz CT molecular complexity index is 2170. The molecule has 7 rings (SSSR count). The molecule has 0 atom stereocenters. The highest BCUT2D eigenvalue weighted by atomic mass is 16.5. The molecule has 3 heterocycles. The largest absolute Gasteiger partial charge is 0.457 e. The van der Waals surface area contributed by atoms with Crippen molar-refractivity contribution in [2.45, 2.75) is 47.5 Å². The van der Waals surface area contributed by atoms with Crippen molar-refractivity contribution in [3.05, 3.63) is 131 Å². The minimum Gasteiger partial charge on any atom is -0.457 e. The molecule has 218 valence electrons. The van der Waals surface area contributed by atoms with Crippen LogP contribution in [0.5, 0.6) is 11.5 Å². The van der Waals surface area contributed by atoms with E-state index in [2.05, 4.69) is 131 Å². The van der Waals surface area contributed by atoms with Gasteiger partial charge in [-0.2, -0.15) is 5.10 Å². The molecule has 0 radical (unpaired) electrons. The molecular formula is C39H36N4O. The zero-order valence-electron chi connectivity index (χ0n) is 26.1. The monoisotopic (exact) mass is 576 g/mol. The average Bonchev–Trinajstić information content (AvgIpc) is 3.49. The molecule has 0 N–H and O–H groups in total. The summed E-state index contributed by atoms with van der Waals surface area (Å²) in [6, 6.07) is 34.0. The van der Waals surface area contributed by atoms with Gasteiger partial charge in [-0.1, -0.05) is 50.2 Å². The van der Waals surface area contributed by atoms with Crippen LogP contribution in [0.4, 0.5) is 0 Å². The van der Waals surface area contributed by atoms with Gasteiger partial charge in [0.05, 0.1) is 22.4 Å². The molecule has 4 aromatic carbocycles. The summed E-state index contributed by atoms with van der Waals surface area (Å²) in [4.78, 5) is 4.76. The summed E-state index contributed by atoms with van der Waals surface area (Å²) >= 11 is 0. The first-order valence-corrected chi connectivity index (χ1v) is 15.2. The molecule has 7 aromatic rings. The molecule has 0 aliphatic rings. The van der Waals surface area contributed by atoms with Crippen molar-refractivity contribution in [1.29, 1.82) is 0 Å². The molecule has 5 heteroatoms. The van der Waals surface area contributed by atoms with Crippen LogP contribution in [0.25, 0.3) is 44.4 Å². The average molecular weight is 577 g/mol. The number of aromatic nitrogens is 4. The smallest absolute Gasteiger partial charge is 0.137 e. The van der Waals surface area contributed by atoms with E-state index in [9.17, 15) is 0 Å². The van der Waals surface area contributed by atoms with E-state index in [0.717, 1.165) is 51.0 Å². The molecule has 0 unspecified atom stereocenters. The Morgan fingerprint density at radius 2 is 1.50 bits per heavy atom. The van der Waals surface area contributed by atoms with Crippen molar-refractivity contribution in [2.24, 2.45) is 0 Å². The first-order chi connectivity index (χ1) is 21.3. The van der Waals surface area contributed by atoms with E-state index < -0.39 is 0 Å². The highest BCUT2D eigenvalue weighted by Gasteiger charge is 2.18. The number of fused-ring (bicyclic) bond motifs is 3. The predicted molar refractivity (Wildman–Crippen MR) is 181 cm³/mol. The molecular weight excluding hydrogens is 540 g/mol. The SMILES string of the molecule is Cc1cc(Oc2ccc3c4cc(C(C)C)ccc4n(-c4cc(C)ccn4)c3c2)cc(-n2nc(C)c(-c3ccccc3)c2C)c1. The van der Waals surface area contributed by atoms with Gasteiger partial charge in [0.2, 0.25) is 0 Å². The van der Waals surface area contributed by atoms with Crippen molar-refractivity contribution < 1.29 is 4.74 Å². The predicted octanol–water partition coefficient (Wildman–Crippen LogP) is 10.2. The first kappa shape index (κ1) is 27.7. The van der Waals surface area contributed by atoms with Crippen molar-refractivity contribution in [2.75, 3.05) is 0 Å². The molecule has 0 bridgehead atoms. The summed E-state index contributed by atoms with van der Waals surface area (Å²) in [6.07, 6.45) is 1.88. The highest BCUT2D eigenvalue weighted by Crippen LogP contribution is 2.37. The van der Waals surface area contributed by atoms with Gasteiger partial charge >= 0.3 is 0 Å². The molecule has 0 saturated heterocycles. The number of aryl methyl sites for hydroxylation is 3. The molecule has 0 amide bonds. The van der Waals surface area contributed by atoms with Crippen molar-refractivity contribution in [3.8, 4) is 34.1 Å². The van der Waals surface area contributed by atoms with E-state index in [1.807, 2.05) is 23.0 Å². The summed E-state index contributed by atoms with van der Waals surface area (Å²) in [5.41, 5.74) is 11.2. The lowest BCUT2D eigenvalue weighted by atomic mass is 10.0. The second-order valence-electron chi connectivity index (χ2n) is 12.1. The van der Waals surface area contributed by atoms with E-state index in [4.69, 9.17) is 14.8 Å². The minimum absolute atomic E-state index is 0.444. The van der Waals surface area contributed by atoms with Gasteiger partial charge in [0.15, 0.2) is 0 Å². The lowest BCUT2D eigenvalue weighted by molar-refractivity contribution is 0.482. The Labute approximate surface area is 258 Å². The maximum atomic E-state index is 6.59. The maximum Gasteiger partial charge on any atom is 0.137 e. The second-order valence-corrected chi connectivity index (χ2v) is 12.1. The van der Waals surface area contributed by atoms with Crippen LogP contribution in [0.1, 0.15) is 47.8 Å². The molecule has 5 nitrogen and oxygen atoms in total. The van der Waals surface area contributed by atoms with Crippen LogP contribution in [-0.2, 0) is 0 Å². The van der Waals surface area contributed by atoms with Crippen LogP contribution in [0.15, 0.2) is 103 Å². The number of nitrogens with zero attached hydrogens (tertiary/aromatic N) is 4. The molecule has 0 aliphatic heterocycles. The Balaban J connectivity index is 1.32.